The lowest BCUT2D eigenvalue weighted by Gasteiger charge is -2.40. The Balaban J connectivity index is 2.21. The van der Waals surface area contributed by atoms with E-state index in [4.69, 9.17) is 4.74 Å². The summed E-state index contributed by atoms with van der Waals surface area (Å²) >= 11 is 0. The standard InChI is InChI=1S/C10H18O2/c1-7-6-12-10(2)4-3-8(7)9(10)5-11/h7-9,11H,3-6H2,1-2H3. The predicted molar refractivity (Wildman–Crippen MR) is 46.8 cm³/mol. The zero-order chi connectivity index (χ0) is 8.77. The third-order valence-corrected chi connectivity index (χ3v) is 3.88. The maximum Gasteiger partial charge on any atom is 0.0707 e. The van der Waals surface area contributed by atoms with E-state index in [0.717, 1.165) is 13.0 Å². The topological polar surface area (TPSA) is 29.5 Å². The Hall–Kier alpha value is -0.0800. The molecule has 0 amide bonds. The first kappa shape index (κ1) is 8.52. The molecule has 1 aliphatic carbocycles. The molecule has 4 unspecified atom stereocenters. The highest BCUT2D eigenvalue weighted by Crippen LogP contribution is 2.49. The van der Waals surface area contributed by atoms with Crippen molar-refractivity contribution in [1.29, 1.82) is 0 Å². The van der Waals surface area contributed by atoms with Gasteiger partial charge in [0.05, 0.1) is 12.2 Å². The van der Waals surface area contributed by atoms with Crippen molar-refractivity contribution in [1.82, 2.24) is 0 Å². The third kappa shape index (κ3) is 1.01. The Morgan fingerprint density at radius 3 is 2.92 bits per heavy atom. The summed E-state index contributed by atoms with van der Waals surface area (Å²) in [7, 11) is 0. The molecule has 2 bridgehead atoms. The van der Waals surface area contributed by atoms with Crippen molar-refractivity contribution in [3.8, 4) is 0 Å². The molecule has 2 rings (SSSR count). The van der Waals surface area contributed by atoms with Gasteiger partial charge in [-0.05, 0) is 31.6 Å². The number of hydrogen-bond donors (Lipinski definition) is 1. The van der Waals surface area contributed by atoms with Gasteiger partial charge in [0.1, 0.15) is 0 Å². The van der Waals surface area contributed by atoms with Gasteiger partial charge in [-0.15, -0.1) is 0 Å². The molecule has 0 aromatic carbocycles. The van der Waals surface area contributed by atoms with E-state index < -0.39 is 0 Å². The monoisotopic (exact) mass is 170 g/mol. The molecule has 4 atom stereocenters. The first-order chi connectivity index (χ1) is 5.67. The lowest BCUT2D eigenvalue weighted by atomic mass is 9.79. The average Bonchev–Trinajstić information content (AvgIpc) is 2.31. The van der Waals surface area contributed by atoms with Gasteiger partial charge in [-0.25, -0.2) is 0 Å². The first-order valence-electron chi connectivity index (χ1n) is 4.92. The predicted octanol–water partition coefficient (Wildman–Crippen LogP) is 1.43. The molecule has 70 valence electrons. The number of hydrogen-bond acceptors (Lipinski definition) is 2. The van der Waals surface area contributed by atoms with Crippen LogP contribution in [0, 0.1) is 17.8 Å². The van der Waals surface area contributed by atoms with E-state index in [-0.39, 0.29) is 5.60 Å². The van der Waals surface area contributed by atoms with E-state index >= 15 is 0 Å². The molecule has 1 heterocycles. The van der Waals surface area contributed by atoms with Crippen LogP contribution >= 0.6 is 0 Å². The van der Waals surface area contributed by atoms with Crippen LogP contribution in [-0.4, -0.2) is 23.9 Å². The van der Waals surface area contributed by atoms with Crippen molar-refractivity contribution < 1.29 is 9.84 Å². The smallest absolute Gasteiger partial charge is 0.0707 e. The molecule has 0 spiro atoms. The maximum absolute atomic E-state index is 9.27. The fourth-order valence-corrected chi connectivity index (χ4v) is 2.93. The Kier molecular flexibility index (Phi) is 1.92. The van der Waals surface area contributed by atoms with Gasteiger partial charge in [-0.3, -0.25) is 0 Å². The second kappa shape index (κ2) is 2.71. The largest absolute Gasteiger partial charge is 0.396 e. The molecule has 12 heavy (non-hydrogen) atoms. The fraction of sp³-hybridized carbons (Fsp3) is 1.00. The van der Waals surface area contributed by atoms with Gasteiger partial charge < -0.3 is 9.84 Å². The summed E-state index contributed by atoms with van der Waals surface area (Å²) in [5, 5.41) is 9.27. The highest BCUT2D eigenvalue weighted by atomic mass is 16.5. The Morgan fingerprint density at radius 2 is 2.33 bits per heavy atom. The number of ether oxygens (including phenoxy) is 1. The first-order valence-corrected chi connectivity index (χ1v) is 4.92. The molecule has 1 saturated carbocycles. The molecule has 0 aromatic rings. The summed E-state index contributed by atoms with van der Waals surface area (Å²) in [6.45, 7) is 5.57. The summed E-state index contributed by atoms with van der Waals surface area (Å²) in [4.78, 5) is 0. The van der Waals surface area contributed by atoms with Crippen molar-refractivity contribution in [2.75, 3.05) is 13.2 Å². The van der Waals surface area contributed by atoms with Crippen LogP contribution in [0.3, 0.4) is 0 Å². The lowest BCUT2D eigenvalue weighted by Crippen LogP contribution is -2.45. The van der Waals surface area contributed by atoms with Gasteiger partial charge in [0, 0.05) is 12.5 Å². The Labute approximate surface area is 73.9 Å². The fourth-order valence-electron chi connectivity index (χ4n) is 2.93. The normalized spacial score (nSPS) is 52.8. The molecule has 2 heteroatoms. The van der Waals surface area contributed by atoms with Crippen LogP contribution in [0.4, 0.5) is 0 Å². The summed E-state index contributed by atoms with van der Waals surface area (Å²) in [5.41, 5.74) is -0.00801. The second-order valence-corrected chi connectivity index (χ2v) is 4.59. The summed E-state index contributed by atoms with van der Waals surface area (Å²) in [6.07, 6.45) is 2.37. The molecule has 2 nitrogen and oxygen atoms in total. The zero-order valence-corrected chi connectivity index (χ0v) is 7.92. The number of rotatable bonds is 1. The Bertz CT molecular complexity index is 181. The second-order valence-electron chi connectivity index (χ2n) is 4.59. The van der Waals surface area contributed by atoms with Crippen LogP contribution in [0.25, 0.3) is 0 Å². The van der Waals surface area contributed by atoms with Crippen molar-refractivity contribution in [3.05, 3.63) is 0 Å². The van der Waals surface area contributed by atoms with Crippen molar-refractivity contribution in [3.63, 3.8) is 0 Å². The van der Waals surface area contributed by atoms with Crippen molar-refractivity contribution >= 4 is 0 Å². The van der Waals surface area contributed by atoms with Gasteiger partial charge in [0.25, 0.3) is 0 Å². The van der Waals surface area contributed by atoms with Gasteiger partial charge in [0.15, 0.2) is 0 Å². The van der Waals surface area contributed by atoms with Crippen LogP contribution in [0.15, 0.2) is 0 Å². The minimum atomic E-state index is -0.00801. The van der Waals surface area contributed by atoms with Crippen LogP contribution in [0.2, 0.25) is 0 Å². The van der Waals surface area contributed by atoms with Crippen LogP contribution in [-0.2, 0) is 4.74 Å². The van der Waals surface area contributed by atoms with Gasteiger partial charge >= 0.3 is 0 Å². The van der Waals surface area contributed by atoms with Crippen LogP contribution in [0.1, 0.15) is 26.7 Å². The molecule has 1 aliphatic heterocycles. The third-order valence-electron chi connectivity index (χ3n) is 3.88. The van der Waals surface area contributed by atoms with Gasteiger partial charge in [-0.2, -0.15) is 0 Å². The molecule has 0 aromatic heterocycles. The molecule has 1 saturated heterocycles. The molecule has 2 aliphatic rings. The van der Waals surface area contributed by atoms with Gasteiger partial charge in [0.2, 0.25) is 0 Å². The summed E-state index contributed by atoms with van der Waals surface area (Å²) in [5.74, 6) is 1.73. The van der Waals surface area contributed by atoms with Crippen LogP contribution in [0.5, 0.6) is 0 Å². The SMILES string of the molecule is CC1COC2(C)CCC1C2CO. The zero-order valence-electron chi connectivity index (χ0n) is 7.92. The highest BCUT2D eigenvalue weighted by molar-refractivity contribution is 4.99. The minimum Gasteiger partial charge on any atom is -0.396 e. The molecular weight excluding hydrogens is 152 g/mol. The van der Waals surface area contributed by atoms with E-state index in [1.54, 1.807) is 0 Å². The quantitative estimate of drug-likeness (QED) is 0.645. The molecule has 0 radical (unpaired) electrons. The van der Waals surface area contributed by atoms with E-state index in [9.17, 15) is 5.11 Å². The summed E-state index contributed by atoms with van der Waals surface area (Å²) < 4.78 is 5.81. The molecule has 1 N–H and O–H groups in total. The van der Waals surface area contributed by atoms with Crippen LogP contribution < -0.4 is 0 Å². The lowest BCUT2D eigenvalue weighted by molar-refractivity contribution is -0.131. The number of fused-ring (bicyclic) bond motifs is 2. The van der Waals surface area contributed by atoms with Gasteiger partial charge in [-0.1, -0.05) is 6.92 Å². The van der Waals surface area contributed by atoms with E-state index in [1.165, 1.54) is 6.42 Å². The average molecular weight is 170 g/mol. The molecule has 2 fully saturated rings. The van der Waals surface area contributed by atoms with E-state index in [1.807, 2.05) is 0 Å². The maximum atomic E-state index is 9.27. The van der Waals surface area contributed by atoms with E-state index in [0.29, 0.717) is 24.4 Å². The number of aliphatic hydroxyl groups is 1. The van der Waals surface area contributed by atoms with Crippen molar-refractivity contribution in [2.24, 2.45) is 17.8 Å². The highest BCUT2D eigenvalue weighted by Gasteiger charge is 2.50. The minimum absolute atomic E-state index is 0.00801. The summed E-state index contributed by atoms with van der Waals surface area (Å²) in [6, 6.07) is 0. The molecular formula is C10H18O2. The van der Waals surface area contributed by atoms with Crippen molar-refractivity contribution in [2.45, 2.75) is 32.3 Å². The Morgan fingerprint density at radius 1 is 1.58 bits per heavy atom. The number of aliphatic hydroxyl groups excluding tert-OH is 1. The van der Waals surface area contributed by atoms with E-state index in [2.05, 4.69) is 13.8 Å².